The number of nitrogens with zero attached hydrogens (tertiary/aromatic N) is 1. The fourth-order valence-corrected chi connectivity index (χ4v) is 3.64. The van der Waals surface area contributed by atoms with E-state index in [1.807, 2.05) is 0 Å². The molecule has 17 heavy (non-hydrogen) atoms. The first-order valence-corrected chi connectivity index (χ1v) is 7.92. The van der Waals surface area contributed by atoms with E-state index in [1.165, 1.54) is 77.3 Å². The third-order valence-corrected chi connectivity index (χ3v) is 4.92. The van der Waals surface area contributed by atoms with Gasteiger partial charge in [0.25, 0.3) is 0 Å². The molecule has 1 heterocycles. The Morgan fingerprint density at radius 2 is 1.24 bits per heavy atom. The Morgan fingerprint density at radius 3 is 1.82 bits per heavy atom. The minimum atomic E-state index is 0.838. The molecule has 1 aliphatic heterocycles. The van der Waals surface area contributed by atoms with E-state index >= 15 is 0 Å². The highest BCUT2D eigenvalue weighted by Gasteiger charge is 2.29. The molecule has 1 N–H and O–H groups in total. The van der Waals surface area contributed by atoms with E-state index < -0.39 is 0 Å². The van der Waals surface area contributed by atoms with Gasteiger partial charge in [-0.25, -0.2) is 0 Å². The molecule has 0 radical (unpaired) electrons. The summed E-state index contributed by atoms with van der Waals surface area (Å²) in [5.74, 6) is 0. The molecule has 3 aliphatic rings. The molecule has 2 aliphatic carbocycles. The van der Waals surface area contributed by atoms with E-state index in [1.54, 1.807) is 0 Å². The third kappa shape index (κ3) is 3.45. The number of nitrogens with one attached hydrogen (secondary N) is 1. The van der Waals surface area contributed by atoms with Gasteiger partial charge in [-0.2, -0.15) is 0 Å². The Hall–Kier alpha value is -0.0800. The van der Waals surface area contributed by atoms with Gasteiger partial charge in [0, 0.05) is 18.1 Å². The van der Waals surface area contributed by atoms with Gasteiger partial charge in [-0.1, -0.05) is 25.7 Å². The predicted molar refractivity (Wildman–Crippen MR) is 72.2 cm³/mol. The average molecular weight is 236 g/mol. The van der Waals surface area contributed by atoms with Gasteiger partial charge < -0.3 is 10.2 Å². The lowest BCUT2D eigenvalue weighted by atomic mass is 9.99. The van der Waals surface area contributed by atoms with Gasteiger partial charge in [0.2, 0.25) is 0 Å². The maximum atomic E-state index is 3.80. The molecule has 2 saturated carbocycles. The van der Waals surface area contributed by atoms with Gasteiger partial charge in [-0.05, 0) is 51.6 Å². The van der Waals surface area contributed by atoms with E-state index in [9.17, 15) is 0 Å². The highest BCUT2D eigenvalue weighted by Crippen LogP contribution is 2.26. The quantitative estimate of drug-likeness (QED) is 0.758. The van der Waals surface area contributed by atoms with Crippen molar-refractivity contribution in [2.24, 2.45) is 0 Å². The van der Waals surface area contributed by atoms with Crippen molar-refractivity contribution in [1.82, 2.24) is 10.2 Å². The SMILES string of the molecule is C1CCCC(N2CCC(NC3CC3)CC2)CC1. The minimum absolute atomic E-state index is 0.838. The number of likely N-dealkylation sites (tertiary alicyclic amines) is 1. The lowest BCUT2D eigenvalue weighted by Crippen LogP contribution is -2.47. The van der Waals surface area contributed by atoms with Crippen molar-refractivity contribution >= 4 is 0 Å². The summed E-state index contributed by atoms with van der Waals surface area (Å²) in [7, 11) is 0. The first-order chi connectivity index (χ1) is 8.42. The lowest BCUT2D eigenvalue weighted by Gasteiger charge is -2.37. The molecule has 0 spiro atoms. The molecule has 0 amide bonds. The smallest absolute Gasteiger partial charge is 0.00952 e. The maximum absolute atomic E-state index is 3.80. The van der Waals surface area contributed by atoms with Crippen molar-refractivity contribution in [1.29, 1.82) is 0 Å². The zero-order chi connectivity index (χ0) is 11.5. The third-order valence-electron chi connectivity index (χ3n) is 4.92. The van der Waals surface area contributed by atoms with E-state index in [-0.39, 0.29) is 0 Å². The van der Waals surface area contributed by atoms with E-state index in [0.29, 0.717) is 0 Å². The monoisotopic (exact) mass is 236 g/mol. The molecular weight excluding hydrogens is 208 g/mol. The Labute approximate surface area is 106 Å². The van der Waals surface area contributed by atoms with Gasteiger partial charge in [-0.3, -0.25) is 0 Å². The minimum Gasteiger partial charge on any atom is -0.311 e. The topological polar surface area (TPSA) is 15.3 Å². The molecular formula is C15H28N2. The molecule has 2 nitrogen and oxygen atoms in total. The number of piperidine rings is 1. The van der Waals surface area contributed by atoms with Crippen LogP contribution in [0.1, 0.15) is 64.2 Å². The van der Waals surface area contributed by atoms with Crippen LogP contribution in [0.15, 0.2) is 0 Å². The van der Waals surface area contributed by atoms with Gasteiger partial charge >= 0.3 is 0 Å². The van der Waals surface area contributed by atoms with Crippen LogP contribution in [0.3, 0.4) is 0 Å². The summed E-state index contributed by atoms with van der Waals surface area (Å²) in [6.45, 7) is 2.71. The molecule has 0 bridgehead atoms. The molecule has 0 aromatic carbocycles. The van der Waals surface area contributed by atoms with Crippen LogP contribution in [-0.2, 0) is 0 Å². The second-order valence-corrected chi connectivity index (χ2v) is 6.40. The summed E-state index contributed by atoms with van der Waals surface area (Å²) in [5, 5.41) is 3.80. The van der Waals surface area contributed by atoms with Crippen LogP contribution in [0.5, 0.6) is 0 Å². The van der Waals surface area contributed by atoms with Crippen molar-refractivity contribution in [3.05, 3.63) is 0 Å². The standard InChI is InChI=1S/C15H28N2/c1-2-4-6-15(5-3-1)17-11-9-14(10-12-17)16-13-7-8-13/h13-16H,1-12H2. The van der Waals surface area contributed by atoms with E-state index in [4.69, 9.17) is 0 Å². The van der Waals surface area contributed by atoms with Crippen LogP contribution < -0.4 is 5.32 Å². The summed E-state index contributed by atoms with van der Waals surface area (Å²) in [6, 6.07) is 2.66. The van der Waals surface area contributed by atoms with Gasteiger partial charge in [0.15, 0.2) is 0 Å². The van der Waals surface area contributed by atoms with Crippen molar-refractivity contribution in [3.63, 3.8) is 0 Å². The second-order valence-electron chi connectivity index (χ2n) is 6.40. The molecule has 3 rings (SSSR count). The summed E-state index contributed by atoms with van der Waals surface area (Å²) in [5.41, 5.74) is 0. The zero-order valence-electron chi connectivity index (χ0n) is 11.2. The Morgan fingerprint density at radius 1 is 0.647 bits per heavy atom. The first kappa shape index (κ1) is 12.0. The van der Waals surface area contributed by atoms with Crippen molar-refractivity contribution in [3.8, 4) is 0 Å². The maximum Gasteiger partial charge on any atom is 0.00952 e. The summed E-state index contributed by atoms with van der Waals surface area (Å²) >= 11 is 0. The zero-order valence-corrected chi connectivity index (χ0v) is 11.2. The Kier molecular flexibility index (Phi) is 4.02. The highest BCUT2D eigenvalue weighted by molar-refractivity contribution is 4.88. The fraction of sp³-hybridized carbons (Fsp3) is 1.00. The number of rotatable bonds is 3. The molecule has 0 aromatic heterocycles. The van der Waals surface area contributed by atoms with Crippen LogP contribution in [0.25, 0.3) is 0 Å². The van der Waals surface area contributed by atoms with Gasteiger partial charge in [-0.15, -0.1) is 0 Å². The molecule has 98 valence electrons. The van der Waals surface area contributed by atoms with Crippen LogP contribution in [0, 0.1) is 0 Å². The molecule has 0 unspecified atom stereocenters. The Balaban J connectivity index is 1.42. The summed E-state index contributed by atoms with van der Waals surface area (Å²) < 4.78 is 0. The molecule has 2 heteroatoms. The van der Waals surface area contributed by atoms with Crippen molar-refractivity contribution < 1.29 is 0 Å². The van der Waals surface area contributed by atoms with Crippen LogP contribution in [0.2, 0.25) is 0 Å². The Bertz CT molecular complexity index is 221. The highest BCUT2D eigenvalue weighted by atomic mass is 15.2. The second kappa shape index (κ2) is 5.71. The van der Waals surface area contributed by atoms with E-state index in [0.717, 1.165) is 18.1 Å². The fourth-order valence-electron chi connectivity index (χ4n) is 3.64. The molecule has 0 atom stereocenters. The molecule has 1 saturated heterocycles. The van der Waals surface area contributed by atoms with E-state index in [2.05, 4.69) is 10.2 Å². The lowest BCUT2D eigenvalue weighted by molar-refractivity contribution is 0.131. The van der Waals surface area contributed by atoms with Crippen molar-refractivity contribution in [2.75, 3.05) is 13.1 Å². The number of hydrogen-bond acceptors (Lipinski definition) is 2. The average Bonchev–Trinajstić information content (AvgIpc) is 3.16. The molecule has 0 aromatic rings. The van der Waals surface area contributed by atoms with Crippen LogP contribution in [0.4, 0.5) is 0 Å². The van der Waals surface area contributed by atoms with Crippen molar-refractivity contribution in [2.45, 2.75) is 82.3 Å². The van der Waals surface area contributed by atoms with Gasteiger partial charge in [0.05, 0.1) is 0 Å². The number of hydrogen-bond donors (Lipinski definition) is 1. The van der Waals surface area contributed by atoms with Crippen LogP contribution in [-0.4, -0.2) is 36.1 Å². The normalized spacial score (nSPS) is 30.4. The summed E-state index contributed by atoms with van der Waals surface area (Å²) in [4.78, 5) is 2.80. The summed E-state index contributed by atoms with van der Waals surface area (Å²) in [6.07, 6.45) is 14.5. The first-order valence-electron chi connectivity index (χ1n) is 7.92. The largest absolute Gasteiger partial charge is 0.311 e. The molecule has 3 fully saturated rings. The van der Waals surface area contributed by atoms with Crippen LogP contribution >= 0.6 is 0 Å². The van der Waals surface area contributed by atoms with Gasteiger partial charge in [0.1, 0.15) is 0 Å². The predicted octanol–water partition coefficient (Wildman–Crippen LogP) is 2.93.